The maximum Gasteiger partial charge on any atom is 0.288 e. The molecule has 2 aliphatic heterocycles. The van der Waals surface area contributed by atoms with Crippen molar-refractivity contribution in [1.29, 1.82) is 0 Å². The maximum atomic E-state index is 12.9. The number of halogens is 1. The summed E-state index contributed by atoms with van der Waals surface area (Å²) in [7, 11) is 0. The Kier molecular flexibility index (Phi) is 5.18. The molecular formula is C23H30ClN3O. The molecule has 150 valence electrons. The van der Waals surface area contributed by atoms with Gasteiger partial charge in [-0.15, -0.1) is 0 Å². The van der Waals surface area contributed by atoms with Crippen LogP contribution in [0.1, 0.15) is 76.7 Å². The molecular weight excluding hydrogens is 370 g/mol. The van der Waals surface area contributed by atoms with Crippen LogP contribution >= 0.6 is 11.6 Å². The summed E-state index contributed by atoms with van der Waals surface area (Å²) < 4.78 is 1.96. The largest absolute Gasteiger partial charge is 0.301 e. The minimum Gasteiger partial charge on any atom is -0.301 e. The smallest absolute Gasteiger partial charge is 0.288 e. The van der Waals surface area contributed by atoms with Crippen LogP contribution in [0.25, 0.3) is 11.0 Å². The second-order valence-electron chi connectivity index (χ2n) is 9.02. The highest BCUT2D eigenvalue weighted by Crippen LogP contribution is 2.44. The Morgan fingerprint density at radius 1 is 0.821 bits per heavy atom. The molecule has 0 amide bonds. The van der Waals surface area contributed by atoms with Crippen molar-refractivity contribution in [3.63, 3.8) is 0 Å². The summed E-state index contributed by atoms with van der Waals surface area (Å²) in [5.41, 5.74) is 1.63. The van der Waals surface area contributed by atoms with E-state index < -0.39 is 0 Å². The number of rotatable bonds is 2. The summed E-state index contributed by atoms with van der Waals surface area (Å²) in [6.07, 6.45) is 14.4. The highest BCUT2D eigenvalue weighted by atomic mass is 35.5. The van der Waals surface area contributed by atoms with Crippen LogP contribution in [0.5, 0.6) is 0 Å². The Balaban J connectivity index is 1.44. The average Bonchev–Trinajstić information content (AvgIpc) is 2.92. The van der Waals surface area contributed by atoms with Crippen molar-refractivity contribution in [2.45, 2.75) is 94.8 Å². The molecule has 2 saturated heterocycles. The van der Waals surface area contributed by atoms with Gasteiger partial charge in [0, 0.05) is 24.2 Å². The molecule has 1 aliphatic carbocycles. The van der Waals surface area contributed by atoms with E-state index in [2.05, 4.69) is 9.88 Å². The lowest BCUT2D eigenvalue weighted by Gasteiger charge is -2.45. The molecule has 5 heteroatoms. The van der Waals surface area contributed by atoms with Gasteiger partial charge in [-0.2, -0.15) is 0 Å². The van der Waals surface area contributed by atoms with E-state index in [1.165, 1.54) is 57.8 Å². The van der Waals surface area contributed by atoms with E-state index in [-0.39, 0.29) is 16.8 Å². The van der Waals surface area contributed by atoms with Crippen LogP contribution in [0, 0.1) is 0 Å². The van der Waals surface area contributed by atoms with Crippen molar-refractivity contribution < 1.29 is 0 Å². The van der Waals surface area contributed by atoms with E-state index in [0.29, 0.717) is 12.1 Å². The van der Waals surface area contributed by atoms with Gasteiger partial charge >= 0.3 is 0 Å². The molecule has 3 heterocycles. The highest BCUT2D eigenvalue weighted by Gasteiger charge is 2.44. The molecule has 3 fully saturated rings. The number of aromatic nitrogens is 2. The van der Waals surface area contributed by atoms with Crippen molar-refractivity contribution >= 4 is 22.6 Å². The first-order valence-electron chi connectivity index (χ1n) is 11.2. The van der Waals surface area contributed by atoms with Crippen molar-refractivity contribution in [2.24, 2.45) is 0 Å². The predicted molar refractivity (Wildman–Crippen MR) is 114 cm³/mol. The number of nitrogens with zero attached hydrogens (tertiary/aromatic N) is 3. The van der Waals surface area contributed by atoms with Gasteiger partial charge in [0.1, 0.15) is 0 Å². The van der Waals surface area contributed by atoms with Crippen molar-refractivity contribution in [2.75, 3.05) is 0 Å². The number of piperidine rings is 1. The molecule has 28 heavy (non-hydrogen) atoms. The first-order valence-corrected chi connectivity index (χ1v) is 11.5. The van der Waals surface area contributed by atoms with Crippen LogP contribution in [-0.4, -0.2) is 32.6 Å². The molecule has 0 radical (unpaired) electrons. The van der Waals surface area contributed by atoms with Crippen LogP contribution < -0.4 is 5.56 Å². The topological polar surface area (TPSA) is 38.1 Å². The molecule has 5 rings (SSSR count). The molecule has 1 aromatic heterocycles. The fourth-order valence-electron chi connectivity index (χ4n) is 6.21. The van der Waals surface area contributed by atoms with Gasteiger partial charge in [0.15, 0.2) is 5.15 Å². The standard InChI is InChI=1S/C23H30ClN3O/c24-22-23(28)27(21-11-7-6-10-20(21)25-22)19-14-17-12-13-18(15-19)26(17)16-8-4-2-1-3-5-9-16/h6-7,10-11,16-19H,1-5,8-9,12-15H2/t17-,18+,19?. The summed E-state index contributed by atoms with van der Waals surface area (Å²) in [4.78, 5) is 20.1. The van der Waals surface area contributed by atoms with Gasteiger partial charge < -0.3 is 4.57 Å². The Bertz CT molecular complexity index is 888. The van der Waals surface area contributed by atoms with E-state index in [9.17, 15) is 4.79 Å². The monoisotopic (exact) mass is 399 g/mol. The number of fused-ring (bicyclic) bond motifs is 3. The van der Waals surface area contributed by atoms with Gasteiger partial charge in [-0.25, -0.2) is 4.98 Å². The Labute approximate surface area is 171 Å². The number of benzene rings is 1. The molecule has 3 aliphatic rings. The van der Waals surface area contributed by atoms with E-state index in [1.54, 1.807) is 0 Å². The minimum absolute atomic E-state index is 0.105. The summed E-state index contributed by atoms with van der Waals surface area (Å²) in [6, 6.07) is 10.1. The normalized spacial score (nSPS) is 29.7. The molecule has 1 saturated carbocycles. The Morgan fingerprint density at radius 3 is 2.18 bits per heavy atom. The van der Waals surface area contributed by atoms with E-state index in [1.807, 2.05) is 28.8 Å². The van der Waals surface area contributed by atoms with Gasteiger partial charge in [0.25, 0.3) is 5.56 Å². The van der Waals surface area contributed by atoms with Crippen LogP contribution in [0.15, 0.2) is 29.1 Å². The van der Waals surface area contributed by atoms with Crippen molar-refractivity contribution in [1.82, 2.24) is 14.5 Å². The number of hydrogen-bond donors (Lipinski definition) is 0. The SMILES string of the molecule is O=c1c(Cl)nc2ccccc2n1C1C[C@H]2CC[C@@H](C1)N2C1CCCCCCC1. The van der Waals surface area contributed by atoms with Crippen LogP contribution in [0.4, 0.5) is 0 Å². The highest BCUT2D eigenvalue weighted by molar-refractivity contribution is 6.29. The maximum absolute atomic E-state index is 12.9. The third kappa shape index (κ3) is 3.29. The molecule has 2 aromatic rings. The fraction of sp³-hybridized carbons (Fsp3) is 0.652. The van der Waals surface area contributed by atoms with Gasteiger partial charge in [0.05, 0.1) is 11.0 Å². The lowest BCUT2D eigenvalue weighted by molar-refractivity contribution is 0.0497. The summed E-state index contributed by atoms with van der Waals surface area (Å²) in [6.45, 7) is 0. The minimum atomic E-state index is -0.121. The van der Waals surface area contributed by atoms with Crippen molar-refractivity contribution in [3.05, 3.63) is 39.8 Å². The molecule has 1 unspecified atom stereocenters. The molecule has 2 bridgehead atoms. The average molecular weight is 400 g/mol. The first-order chi connectivity index (χ1) is 13.7. The predicted octanol–water partition coefficient (Wildman–Crippen LogP) is 5.33. The third-order valence-corrected chi connectivity index (χ3v) is 7.63. The van der Waals surface area contributed by atoms with E-state index in [4.69, 9.17) is 11.6 Å². The van der Waals surface area contributed by atoms with Crippen LogP contribution in [0.3, 0.4) is 0 Å². The summed E-state index contributed by atoms with van der Waals surface area (Å²) >= 11 is 6.23. The fourth-order valence-corrected chi connectivity index (χ4v) is 6.39. The second-order valence-corrected chi connectivity index (χ2v) is 9.38. The Morgan fingerprint density at radius 2 is 1.46 bits per heavy atom. The summed E-state index contributed by atoms with van der Waals surface area (Å²) in [5, 5.41) is 0.105. The second kappa shape index (κ2) is 7.79. The molecule has 0 spiro atoms. The van der Waals surface area contributed by atoms with Crippen LogP contribution in [0.2, 0.25) is 5.15 Å². The molecule has 4 nitrogen and oxygen atoms in total. The van der Waals surface area contributed by atoms with Gasteiger partial charge in [-0.1, -0.05) is 55.8 Å². The quantitative estimate of drug-likeness (QED) is 0.684. The van der Waals surface area contributed by atoms with E-state index >= 15 is 0 Å². The van der Waals surface area contributed by atoms with Crippen LogP contribution in [-0.2, 0) is 0 Å². The van der Waals surface area contributed by atoms with Gasteiger partial charge in [-0.05, 0) is 50.7 Å². The number of hydrogen-bond acceptors (Lipinski definition) is 3. The van der Waals surface area contributed by atoms with E-state index in [0.717, 1.165) is 29.9 Å². The zero-order valence-corrected chi connectivity index (χ0v) is 17.3. The summed E-state index contributed by atoms with van der Waals surface area (Å²) in [5.74, 6) is 0. The zero-order chi connectivity index (χ0) is 19.1. The lowest BCUT2D eigenvalue weighted by atomic mass is 9.89. The molecule has 0 N–H and O–H groups in total. The first kappa shape index (κ1) is 18.6. The lowest BCUT2D eigenvalue weighted by Crippen LogP contribution is -2.50. The van der Waals surface area contributed by atoms with Gasteiger partial charge in [0.2, 0.25) is 0 Å². The zero-order valence-electron chi connectivity index (χ0n) is 16.5. The Hall–Kier alpha value is -1.39. The number of para-hydroxylation sites is 2. The van der Waals surface area contributed by atoms with Crippen molar-refractivity contribution in [3.8, 4) is 0 Å². The third-order valence-electron chi connectivity index (χ3n) is 7.38. The molecule has 3 atom stereocenters. The van der Waals surface area contributed by atoms with Gasteiger partial charge in [-0.3, -0.25) is 9.69 Å². The molecule has 1 aromatic carbocycles.